The standard InChI is InChI=1S/C21H19N3O4S/c1-14(25)23-17-9-5-8-16(13-17)19(26)22-10-11-24-20(27)18(29-21(24)28)12-15-6-3-2-4-7-15/h2-9,12-13H,10-11H2,1H3,(H,22,26)(H,23,25)/b18-12+. The maximum atomic E-state index is 12.5. The van der Waals surface area contributed by atoms with Crippen molar-refractivity contribution >= 4 is 46.5 Å². The van der Waals surface area contributed by atoms with Gasteiger partial charge < -0.3 is 10.6 Å². The number of thioether (sulfide) groups is 1. The first kappa shape index (κ1) is 20.3. The van der Waals surface area contributed by atoms with Crippen molar-refractivity contribution in [1.82, 2.24) is 10.2 Å². The van der Waals surface area contributed by atoms with E-state index in [1.165, 1.54) is 6.92 Å². The van der Waals surface area contributed by atoms with Gasteiger partial charge in [-0.25, -0.2) is 0 Å². The zero-order valence-electron chi connectivity index (χ0n) is 15.7. The summed E-state index contributed by atoms with van der Waals surface area (Å²) in [6, 6.07) is 15.8. The first-order valence-electron chi connectivity index (χ1n) is 8.90. The minimum absolute atomic E-state index is 0.0773. The van der Waals surface area contributed by atoms with E-state index in [9.17, 15) is 19.2 Å². The summed E-state index contributed by atoms with van der Waals surface area (Å²) in [5, 5.41) is 4.94. The Hall–Kier alpha value is -3.39. The number of imide groups is 1. The Balaban J connectivity index is 1.57. The number of carbonyl (C=O) groups is 4. The average Bonchev–Trinajstić information content (AvgIpc) is 2.95. The summed E-state index contributed by atoms with van der Waals surface area (Å²) in [7, 11) is 0. The number of hydrogen-bond donors (Lipinski definition) is 2. The molecule has 1 heterocycles. The van der Waals surface area contributed by atoms with Crippen LogP contribution in [-0.4, -0.2) is 41.0 Å². The molecule has 0 atom stereocenters. The summed E-state index contributed by atoms with van der Waals surface area (Å²) >= 11 is 0.885. The fraction of sp³-hybridized carbons (Fsp3) is 0.143. The molecule has 0 saturated carbocycles. The molecular formula is C21H19N3O4S. The number of hydrogen-bond acceptors (Lipinski definition) is 5. The van der Waals surface area contributed by atoms with E-state index < -0.39 is 0 Å². The molecule has 7 nitrogen and oxygen atoms in total. The Kier molecular flexibility index (Phi) is 6.46. The summed E-state index contributed by atoms with van der Waals surface area (Å²) in [6.07, 6.45) is 1.68. The van der Waals surface area contributed by atoms with Gasteiger partial charge in [-0.3, -0.25) is 24.1 Å². The van der Waals surface area contributed by atoms with Crippen LogP contribution in [0.3, 0.4) is 0 Å². The molecule has 148 valence electrons. The largest absolute Gasteiger partial charge is 0.350 e. The van der Waals surface area contributed by atoms with Gasteiger partial charge in [-0.05, 0) is 41.6 Å². The van der Waals surface area contributed by atoms with Crippen LogP contribution >= 0.6 is 11.8 Å². The maximum absolute atomic E-state index is 12.5. The molecule has 2 aromatic carbocycles. The van der Waals surface area contributed by atoms with Crippen LogP contribution in [0.2, 0.25) is 0 Å². The highest BCUT2D eigenvalue weighted by Gasteiger charge is 2.34. The molecule has 1 aliphatic rings. The second-order valence-electron chi connectivity index (χ2n) is 6.26. The number of nitrogens with one attached hydrogen (secondary N) is 2. The van der Waals surface area contributed by atoms with E-state index in [-0.39, 0.29) is 36.1 Å². The van der Waals surface area contributed by atoms with Gasteiger partial charge in [-0.2, -0.15) is 0 Å². The van der Waals surface area contributed by atoms with Crippen molar-refractivity contribution in [2.24, 2.45) is 0 Å². The number of anilines is 1. The highest BCUT2D eigenvalue weighted by Crippen LogP contribution is 2.31. The van der Waals surface area contributed by atoms with Crippen molar-refractivity contribution in [2.45, 2.75) is 6.92 Å². The van der Waals surface area contributed by atoms with Gasteiger partial charge in [0.25, 0.3) is 17.1 Å². The van der Waals surface area contributed by atoms with Gasteiger partial charge in [0.2, 0.25) is 5.91 Å². The van der Waals surface area contributed by atoms with Crippen LogP contribution in [0.15, 0.2) is 59.5 Å². The molecule has 2 aromatic rings. The van der Waals surface area contributed by atoms with Gasteiger partial charge in [0.1, 0.15) is 0 Å². The van der Waals surface area contributed by atoms with Gasteiger partial charge in [0, 0.05) is 31.3 Å². The van der Waals surface area contributed by atoms with Crippen molar-refractivity contribution in [3.05, 3.63) is 70.6 Å². The van der Waals surface area contributed by atoms with Gasteiger partial charge >= 0.3 is 0 Å². The topological polar surface area (TPSA) is 95.6 Å². The minimum atomic E-state index is -0.370. The van der Waals surface area contributed by atoms with Crippen molar-refractivity contribution in [2.75, 3.05) is 18.4 Å². The van der Waals surface area contributed by atoms with Crippen LogP contribution in [0.1, 0.15) is 22.8 Å². The molecule has 0 aliphatic carbocycles. The van der Waals surface area contributed by atoms with E-state index in [0.717, 1.165) is 22.2 Å². The van der Waals surface area contributed by atoms with Crippen molar-refractivity contribution < 1.29 is 19.2 Å². The van der Waals surface area contributed by atoms with Crippen LogP contribution in [0.25, 0.3) is 6.08 Å². The van der Waals surface area contributed by atoms with Crippen molar-refractivity contribution in [3.8, 4) is 0 Å². The summed E-state index contributed by atoms with van der Waals surface area (Å²) < 4.78 is 0. The molecular weight excluding hydrogens is 390 g/mol. The number of amides is 4. The molecule has 2 N–H and O–H groups in total. The van der Waals surface area contributed by atoms with Crippen LogP contribution in [0.5, 0.6) is 0 Å². The van der Waals surface area contributed by atoms with Crippen LogP contribution in [-0.2, 0) is 9.59 Å². The summed E-state index contributed by atoms with van der Waals surface area (Å²) in [6.45, 7) is 1.59. The monoisotopic (exact) mass is 409 g/mol. The van der Waals surface area contributed by atoms with Crippen LogP contribution in [0, 0.1) is 0 Å². The van der Waals surface area contributed by atoms with E-state index in [4.69, 9.17) is 0 Å². The van der Waals surface area contributed by atoms with Gasteiger partial charge in [0.15, 0.2) is 0 Å². The average molecular weight is 409 g/mol. The fourth-order valence-corrected chi connectivity index (χ4v) is 3.58. The minimum Gasteiger partial charge on any atom is -0.350 e. The summed E-state index contributed by atoms with van der Waals surface area (Å²) in [5.74, 6) is -0.958. The van der Waals surface area contributed by atoms with Crippen molar-refractivity contribution in [1.29, 1.82) is 0 Å². The predicted molar refractivity (Wildman–Crippen MR) is 112 cm³/mol. The van der Waals surface area contributed by atoms with Crippen LogP contribution < -0.4 is 10.6 Å². The van der Waals surface area contributed by atoms with Crippen molar-refractivity contribution in [3.63, 3.8) is 0 Å². The van der Waals surface area contributed by atoms with E-state index in [0.29, 0.717) is 16.2 Å². The Morgan fingerprint density at radius 2 is 1.83 bits per heavy atom. The lowest BCUT2D eigenvalue weighted by Gasteiger charge is -2.13. The molecule has 3 rings (SSSR count). The third-order valence-electron chi connectivity index (χ3n) is 4.04. The van der Waals surface area contributed by atoms with E-state index in [2.05, 4.69) is 10.6 Å². The molecule has 0 radical (unpaired) electrons. The normalized spacial score (nSPS) is 14.9. The molecule has 1 aliphatic heterocycles. The molecule has 0 unspecified atom stereocenters. The fourth-order valence-electron chi connectivity index (χ4n) is 2.72. The molecule has 0 aromatic heterocycles. The Morgan fingerprint density at radius 1 is 1.07 bits per heavy atom. The lowest BCUT2D eigenvalue weighted by atomic mass is 10.2. The first-order chi connectivity index (χ1) is 13.9. The number of carbonyl (C=O) groups excluding carboxylic acids is 4. The maximum Gasteiger partial charge on any atom is 0.293 e. The number of nitrogens with zero attached hydrogens (tertiary/aromatic N) is 1. The Labute approximate surface area is 172 Å². The van der Waals surface area contributed by atoms with Gasteiger partial charge in [-0.15, -0.1) is 0 Å². The predicted octanol–water partition coefficient (Wildman–Crippen LogP) is 3.11. The Morgan fingerprint density at radius 3 is 2.55 bits per heavy atom. The number of rotatable bonds is 6. The van der Waals surface area contributed by atoms with Gasteiger partial charge in [0.05, 0.1) is 4.91 Å². The number of benzene rings is 2. The highest BCUT2D eigenvalue weighted by atomic mass is 32.2. The van der Waals surface area contributed by atoms with Gasteiger partial charge in [-0.1, -0.05) is 36.4 Å². The summed E-state index contributed by atoms with van der Waals surface area (Å²) in [4.78, 5) is 49.5. The molecule has 8 heteroatoms. The smallest absolute Gasteiger partial charge is 0.293 e. The lowest BCUT2D eigenvalue weighted by Crippen LogP contribution is -2.37. The Bertz CT molecular complexity index is 988. The lowest BCUT2D eigenvalue weighted by molar-refractivity contribution is -0.122. The summed E-state index contributed by atoms with van der Waals surface area (Å²) in [5.41, 5.74) is 1.72. The first-order valence-corrected chi connectivity index (χ1v) is 9.72. The molecule has 29 heavy (non-hydrogen) atoms. The second-order valence-corrected chi connectivity index (χ2v) is 7.26. The molecule has 0 spiro atoms. The molecule has 4 amide bonds. The zero-order chi connectivity index (χ0) is 20.8. The van der Waals surface area contributed by atoms with E-state index >= 15 is 0 Å². The second kappa shape index (κ2) is 9.20. The van der Waals surface area contributed by atoms with E-state index in [1.807, 2.05) is 30.3 Å². The highest BCUT2D eigenvalue weighted by molar-refractivity contribution is 8.18. The quantitative estimate of drug-likeness (QED) is 0.715. The third-order valence-corrected chi connectivity index (χ3v) is 4.94. The van der Waals surface area contributed by atoms with E-state index in [1.54, 1.807) is 30.3 Å². The zero-order valence-corrected chi connectivity index (χ0v) is 16.5. The third kappa shape index (κ3) is 5.32. The SMILES string of the molecule is CC(=O)Nc1cccc(C(=O)NCCN2C(=O)S/C(=C/c3ccccc3)C2=O)c1. The molecule has 0 bridgehead atoms. The van der Waals surface area contributed by atoms with Crippen LogP contribution in [0.4, 0.5) is 10.5 Å². The molecule has 1 fully saturated rings. The molecule has 1 saturated heterocycles.